The summed E-state index contributed by atoms with van der Waals surface area (Å²) in [7, 11) is -3.75. The minimum absolute atomic E-state index is 0.0687. The number of rotatable bonds is 3. The molecule has 1 N–H and O–H groups in total. The second-order valence-corrected chi connectivity index (χ2v) is 7.67. The summed E-state index contributed by atoms with van der Waals surface area (Å²) in [6.07, 6.45) is 3.32. The van der Waals surface area contributed by atoms with E-state index < -0.39 is 10.0 Å². The molecule has 6 nitrogen and oxygen atoms in total. The smallest absolute Gasteiger partial charge is 0.243 e. The van der Waals surface area contributed by atoms with Crippen molar-refractivity contribution in [3.8, 4) is 6.07 Å². The number of pyridine rings is 1. The Hall–Kier alpha value is -1.98. The molecular weight excluding hydrogens is 348 g/mol. The van der Waals surface area contributed by atoms with E-state index in [0.29, 0.717) is 19.6 Å². The summed E-state index contributed by atoms with van der Waals surface area (Å²) in [5, 5.41) is 12.5. The molecule has 1 aliphatic heterocycles. The van der Waals surface area contributed by atoms with Gasteiger partial charge in [0.05, 0.1) is 21.5 Å². The monoisotopic (exact) mass is 362 g/mol. The van der Waals surface area contributed by atoms with Crippen LogP contribution in [0.25, 0.3) is 0 Å². The lowest BCUT2D eigenvalue weighted by Crippen LogP contribution is -2.48. The number of hydrogen-bond acceptors (Lipinski definition) is 5. The van der Waals surface area contributed by atoms with Gasteiger partial charge in [-0.3, -0.25) is 4.98 Å². The van der Waals surface area contributed by atoms with E-state index in [4.69, 9.17) is 16.9 Å². The van der Waals surface area contributed by atoms with Gasteiger partial charge in [0, 0.05) is 32.0 Å². The van der Waals surface area contributed by atoms with Crippen LogP contribution >= 0.6 is 11.6 Å². The molecule has 1 unspecified atom stereocenters. The van der Waals surface area contributed by atoms with Gasteiger partial charge in [-0.25, -0.2) is 8.42 Å². The minimum atomic E-state index is -3.75. The van der Waals surface area contributed by atoms with Crippen molar-refractivity contribution in [1.82, 2.24) is 14.6 Å². The number of aromatic nitrogens is 1. The zero-order valence-electron chi connectivity index (χ0n) is 12.7. The Balaban J connectivity index is 2.02. The van der Waals surface area contributed by atoms with E-state index >= 15 is 0 Å². The van der Waals surface area contributed by atoms with Crippen molar-refractivity contribution in [1.29, 1.82) is 5.26 Å². The van der Waals surface area contributed by atoms with Crippen molar-refractivity contribution in [2.45, 2.75) is 10.9 Å². The number of hydrogen-bond donors (Lipinski definition) is 1. The van der Waals surface area contributed by atoms with Gasteiger partial charge in [0.15, 0.2) is 0 Å². The van der Waals surface area contributed by atoms with E-state index in [1.165, 1.54) is 22.5 Å². The zero-order chi connectivity index (χ0) is 17.2. The van der Waals surface area contributed by atoms with Crippen molar-refractivity contribution in [2.75, 3.05) is 19.6 Å². The number of nitriles is 1. The molecule has 24 heavy (non-hydrogen) atoms. The van der Waals surface area contributed by atoms with Crippen LogP contribution in [0.5, 0.6) is 0 Å². The van der Waals surface area contributed by atoms with Crippen LogP contribution in [0.1, 0.15) is 17.2 Å². The third kappa shape index (κ3) is 3.14. The number of nitrogens with one attached hydrogen (secondary N) is 1. The highest BCUT2D eigenvalue weighted by atomic mass is 35.5. The normalized spacial score (nSPS) is 18.9. The van der Waals surface area contributed by atoms with Crippen LogP contribution in [0.15, 0.2) is 47.6 Å². The average molecular weight is 363 g/mol. The molecular formula is C16H15ClN4O2S. The molecule has 0 radical (unpaired) electrons. The van der Waals surface area contributed by atoms with Gasteiger partial charge in [0.25, 0.3) is 0 Å². The maximum Gasteiger partial charge on any atom is 0.243 e. The number of piperazine rings is 1. The van der Waals surface area contributed by atoms with Gasteiger partial charge in [-0.15, -0.1) is 0 Å². The fourth-order valence-corrected chi connectivity index (χ4v) is 4.52. The quantitative estimate of drug-likeness (QED) is 0.901. The molecule has 0 amide bonds. The summed E-state index contributed by atoms with van der Waals surface area (Å²) in [6, 6.07) is 9.40. The number of halogens is 1. The third-order valence-electron chi connectivity index (χ3n) is 3.93. The van der Waals surface area contributed by atoms with E-state index in [1.807, 2.05) is 12.1 Å². The topological polar surface area (TPSA) is 86.1 Å². The first kappa shape index (κ1) is 16.9. The molecule has 124 valence electrons. The Morgan fingerprint density at radius 3 is 2.92 bits per heavy atom. The van der Waals surface area contributed by atoms with E-state index in [2.05, 4.69) is 10.3 Å². The van der Waals surface area contributed by atoms with Crippen molar-refractivity contribution in [3.63, 3.8) is 0 Å². The van der Waals surface area contributed by atoms with Crippen LogP contribution < -0.4 is 5.32 Å². The number of nitrogens with zero attached hydrogens (tertiary/aromatic N) is 3. The predicted molar refractivity (Wildman–Crippen MR) is 89.9 cm³/mol. The third-order valence-corrected chi connectivity index (χ3v) is 6.16. The predicted octanol–water partition coefficient (Wildman–Crippen LogP) is 1.94. The van der Waals surface area contributed by atoms with Crippen molar-refractivity contribution in [2.24, 2.45) is 0 Å². The van der Waals surface area contributed by atoms with Crippen LogP contribution in [-0.2, 0) is 10.0 Å². The molecule has 1 aromatic heterocycles. The molecule has 1 fully saturated rings. The molecule has 1 aliphatic rings. The lowest BCUT2D eigenvalue weighted by Gasteiger charge is -2.35. The van der Waals surface area contributed by atoms with E-state index in [9.17, 15) is 8.42 Å². The summed E-state index contributed by atoms with van der Waals surface area (Å²) in [5.74, 6) is 0. The molecule has 0 aliphatic carbocycles. The maximum absolute atomic E-state index is 13.1. The molecule has 1 atom stereocenters. The van der Waals surface area contributed by atoms with Gasteiger partial charge in [0.1, 0.15) is 6.07 Å². The molecule has 0 bridgehead atoms. The first-order valence-electron chi connectivity index (χ1n) is 7.36. The fraction of sp³-hybridized carbons (Fsp3) is 0.250. The van der Waals surface area contributed by atoms with Gasteiger partial charge in [-0.1, -0.05) is 17.7 Å². The molecule has 0 spiro atoms. The zero-order valence-corrected chi connectivity index (χ0v) is 14.3. The second-order valence-electron chi connectivity index (χ2n) is 5.38. The van der Waals surface area contributed by atoms with Gasteiger partial charge in [0.2, 0.25) is 10.0 Å². The summed E-state index contributed by atoms with van der Waals surface area (Å²) >= 11 is 5.91. The van der Waals surface area contributed by atoms with Crippen LogP contribution in [0.4, 0.5) is 0 Å². The minimum Gasteiger partial charge on any atom is -0.313 e. The van der Waals surface area contributed by atoms with E-state index in [-0.39, 0.29) is 21.5 Å². The molecule has 0 saturated carbocycles. The van der Waals surface area contributed by atoms with Crippen LogP contribution in [0.2, 0.25) is 5.02 Å². The molecule has 1 aromatic carbocycles. The first-order chi connectivity index (χ1) is 11.5. The van der Waals surface area contributed by atoms with Gasteiger partial charge < -0.3 is 5.32 Å². The molecule has 3 rings (SSSR count). The molecule has 1 saturated heterocycles. The Bertz CT molecular complexity index is 881. The first-order valence-corrected chi connectivity index (χ1v) is 9.18. The highest BCUT2D eigenvalue weighted by Gasteiger charge is 2.34. The SMILES string of the molecule is N#Cc1cc(S(=O)(=O)N2CCNCC2c2cccnc2)ccc1Cl. The average Bonchev–Trinajstić information content (AvgIpc) is 2.62. The lowest BCUT2D eigenvalue weighted by molar-refractivity contribution is 0.271. The van der Waals surface area contributed by atoms with E-state index in [1.54, 1.807) is 18.5 Å². The molecule has 2 aromatic rings. The number of sulfonamides is 1. The lowest BCUT2D eigenvalue weighted by atomic mass is 10.1. The van der Waals surface area contributed by atoms with Gasteiger partial charge in [-0.2, -0.15) is 9.57 Å². The Kier molecular flexibility index (Phi) is 4.83. The highest BCUT2D eigenvalue weighted by Crippen LogP contribution is 2.30. The number of benzene rings is 1. The van der Waals surface area contributed by atoms with Crippen LogP contribution in [0, 0.1) is 11.3 Å². The molecule has 2 heterocycles. The summed E-state index contributed by atoms with van der Waals surface area (Å²) in [6.45, 7) is 1.41. The fourth-order valence-electron chi connectivity index (χ4n) is 2.72. The van der Waals surface area contributed by atoms with Gasteiger partial charge in [-0.05, 0) is 29.8 Å². The highest BCUT2D eigenvalue weighted by molar-refractivity contribution is 7.89. The standard InChI is InChI=1S/C16H15ClN4O2S/c17-15-4-3-14(8-13(15)9-18)24(22,23)21-7-6-20-11-16(21)12-2-1-5-19-10-12/h1-5,8,10,16,20H,6-7,11H2. The van der Waals surface area contributed by atoms with Crippen LogP contribution in [0.3, 0.4) is 0 Å². The summed E-state index contributed by atoms with van der Waals surface area (Å²) in [5.41, 5.74) is 0.966. The van der Waals surface area contributed by atoms with Crippen molar-refractivity contribution >= 4 is 21.6 Å². The Morgan fingerprint density at radius 1 is 1.38 bits per heavy atom. The maximum atomic E-state index is 13.1. The summed E-state index contributed by atoms with van der Waals surface area (Å²) in [4.78, 5) is 4.15. The van der Waals surface area contributed by atoms with Crippen molar-refractivity contribution in [3.05, 3.63) is 58.9 Å². The molecule has 8 heteroatoms. The second kappa shape index (κ2) is 6.87. The largest absolute Gasteiger partial charge is 0.313 e. The Morgan fingerprint density at radius 2 is 2.21 bits per heavy atom. The van der Waals surface area contributed by atoms with E-state index in [0.717, 1.165) is 5.56 Å². The van der Waals surface area contributed by atoms with Crippen molar-refractivity contribution < 1.29 is 8.42 Å². The van der Waals surface area contributed by atoms with Gasteiger partial charge >= 0.3 is 0 Å². The summed E-state index contributed by atoms with van der Waals surface area (Å²) < 4.78 is 27.6. The van der Waals surface area contributed by atoms with Crippen LogP contribution in [-0.4, -0.2) is 37.3 Å². The Labute approximate surface area is 145 Å².